The van der Waals surface area contributed by atoms with E-state index in [0.717, 1.165) is 24.0 Å². The van der Waals surface area contributed by atoms with E-state index in [0.29, 0.717) is 28.7 Å². The number of carbonyl (C=O) groups is 1. The molecule has 1 aromatic carbocycles. The molecule has 1 N–H and O–H groups in total. The number of imidazole rings is 1. The van der Waals surface area contributed by atoms with Gasteiger partial charge in [-0.25, -0.2) is 9.37 Å². The maximum atomic E-state index is 12.9. The molecule has 1 fully saturated rings. The predicted octanol–water partition coefficient (Wildman–Crippen LogP) is 4.18. The van der Waals surface area contributed by atoms with Crippen LogP contribution in [0.4, 0.5) is 10.1 Å². The lowest BCUT2D eigenvalue weighted by Gasteiger charge is -2.32. The maximum Gasteiger partial charge on any atom is 0.274 e. The van der Waals surface area contributed by atoms with Crippen molar-refractivity contribution in [3.8, 4) is 11.4 Å². The van der Waals surface area contributed by atoms with Crippen LogP contribution in [0.3, 0.4) is 0 Å². The van der Waals surface area contributed by atoms with Crippen molar-refractivity contribution in [2.75, 3.05) is 18.6 Å². The van der Waals surface area contributed by atoms with Crippen LogP contribution >= 0.6 is 0 Å². The lowest BCUT2D eigenvalue weighted by molar-refractivity contribution is -0.0210. The van der Waals surface area contributed by atoms with Crippen LogP contribution in [0.2, 0.25) is 0 Å². The second-order valence-corrected chi connectivity index (χ2v) is 7.86. The summed E-state index contributed by atoms with van der Waals surface area (Å²) in [7, 11) is 0. The normalized spacial score (nSPS) is 17.9. The molecule has 32 heavy (non-hydrogen) atoms. The number of benzene rings is 1. The highest BCUT2D eigenvalue weighted by molar-refractivity contribution is 6.04. The lowest BCUT2D eigenvalue weighted by atomic mass is 9.82. The minimum Gasteiger partial charge on any atom is -0.375 e. The fraction of sp³-hybridized carbons (Fsp3) is 0.304. The number of aryl methyl sites for hydroxylation is 1. The van der Waals surface area contributed by atoms with Crippen LogP contribution in [0, 0.1) is 6.92 Å². The molecule has 0 spiro atoms. The van der Waals surface area contributed by atoms with Crippen molar-refractivity contribution in [2.24, 2.45) is 0 Å². The Bertz CT molecular complexity index is 1260. The topological polar surface area (TPSA) is 94.5 Å². The Balaban J connectivity index is 1.31. The van der Waals surface area contributed by atoms with Crippen LogP contribution in [0.25, 0.3) is 17.0 Å². The molecule has 0 saturated heterocycles. The van der Waals surface area contributed by atoms with Gasteiger partial charge >= 0.3 is 0 Å². The molecule has 1 amide bonds. The summed E-state index contributed by atoms with van der Waals surface area (Å²) in [5.41, 5.74) is 3.46. The average Bonchev–Trinajstić information content (AvgIpc) is 3.42. The predicted molar refractivity (Wildman–Crippen MR) is 115 cm³/mol. The zero-order chi connectivity index (χ0) is 22.1. The molecule has 5 rings (SSSR count). The molecule has 0 aliphatic heterocycles. The van der Waals surface area contributed by atoms with Crippen molar-refractivity contribution in [1.29, 1.82) is 0 Å². The highest BCUT2D eigenvalue weighted by Gasteiger charge is 2.35. The number of nitrogens with one attached hydrogen (secondary N) is 1. The van der Waals surface area contributed by atoms with Gasteiger partial charge in [0.05, 0.1) is 18.9 Å². The van der Waals surface area contributed by atoms with Crippen molar-refractivity contribution < 1.29 is 18.4 Å². The highest BCUT2D eigenvalue weighted by atomic mass is 19.1. The van der Waals surface area contributed by atoms with Crippen molar-refractivity contribution in [3.63, 3.8) is 0 Å². The Morgan fingerprint density at radius 1 is 1.31 bits per heavy atom. The van der Waals surface area contributed by atoms with Crippen LogP contribution in [0.1, 0.15) is 40.7 Å². The first-order valence-electron chi connectivity index (χ1n) is 10.5. The van der Waals surface area contributed by atoms with E-state index in [1.807, 2.05) is 43.3 Å². The van der Waals surface area contributed by atoms with Gasteiger partial charge in [-0.3, -0.25) is 9.20 Å². The first-order chi connectivity index (χ1) is 15.6. The van der Waals surface area contributed by atoms with Crippen molar-refractivity contribution >= 4 is 17.2 Å². The van der Waals surface area contributed by atoms with E-state index in [2.05, 4.69) is 20.4 Å². The van der Waals surface area contributed by atoms with Gasteiger partial charge in [0.2, 0.25) is 11.7 Å². The SMILES string of the molecule is Cc1ccc(-c2noc(C3CC(OCCF)C3)n2)cc1NC(=O)c1cnc2ccccn12. The average molecular weight is 435 g/mol. The summed E-state index contributed by atoms with van der Waals surface area (Å²) in [6.07, 6.45) is 4.90. The van der Waals surface area contributed by atoms with Gasteiger partial charge in [-0.1, -0.05) is 23.4 Å². The number of anilines is 1. The molecule has 3 aromatic heterocycles. The zero-order valence-electron chi connectivity index (χ0n) is 17.5. The molecule has 1 aliphatic rings. The maximum absolute atomic E-state index is 12.9. The molecular formula is C23H22FN5O3. The van der Waals surface area contributed by atoms with Gasteiger partial charge < -0.3 is 14.6 Å². The van der Waals surface area contributed by atoms with Gasteiger partial charge in [-0.15, -0.1) is 0 Å². The Kier molecular flexibility index (Phi) is 5.40. The van der Waals surface area contributed by atoms with E-state index in [1.54, 1.807) is 16.8 Å². The van der Waals surface area contributed by atoms with Crippen LogP contribution < -0.4 is 5.32 Å². The quantitative estimate of drug-likeness (QED) is 0.468. The standard InChI is InChI=1S/C23H22FN5O3/c1-14-5-6-15(21-27-23(32-28-21)16-10-17(11-16)31-9-7-24)12-18(14)26-22(30)19-13-25-20-4-2-3-8-29(19)20/h2-6,8,12-13,16-17H,7,9-11H2,1H3,(H,26,30). The minimum absolute atomic E-state index is 0.0481. The van der Waals surface area contributed by atoms with E-state index >= 15 is 0 Å². The van der Waals surface area contributed by atoms with Gasteiger partial charge in [-0.2, -0.15) is 4.98 Å². The summed E-state index contributed by atoms with van der Waals surface area (Å²) < 4.78 is 24.8. The number of amides is 1. The number of hydrogen-bond acceptors (Lipinski definition) is 6. The summed E-state index contributed by atoms with van der Waals surface area (Å²) in [4.78, 5) is 21.7. The fourth-order valence-electron chi connectivity index (χ4n) is 3.82. The number of halogens is 1. The van der Waals surface area contributed by atoms with Crippen LogP contribution in [0.15, 0.2) is 53.3 Å². The van der Waals surface area contributed by atoms with Gasteiger partial charge in [0.25, 0.3) is 5.91 Å². The Hall–Kier alpha value is -3.59. The largest absolute Gasteiger partial charge is 0.375 e. The smallest absolute Gasteiger partial charge is 0.274 e. The number of fused-ring (bicyclic) bond motifs is 1. The molecule has 1 aliphatic carbocycles. The van der Waals surface area contributed by atoms with Crippen molar-refractivity contribution in [3.05, 3.63) is 65.9 Å². The Morgan fingerprint density at radius 3 is 3.03 bits per heavy atom. The van der Waals surface area contributed by atoms with E-state index in [9.17, 15) is 9.18 Å². The summed E-state index contributed by atoms with van der Waals surface area (Å²) in [6.45, 7) is 1.57. The van der Waals surface area contributed by atoms with Crippen LogP contribution in [-0.4, -0.2) is 44.8 Å². The lowest BCUT2D eigenvalue weighted by Crippen LogP contribution is -2.30. The van der Waals surface area contributed by atoms with Gasteiger partial charge in [-0.05, 0) is 43.5 Å². The molecule has 9 heteroatoms. The first-order valence-corrected chi connectivity index (χ1v) is 10.5. The number of hydrogen-bond donors (Lipinski definition) is 1. The van der Waals surface area contributed by atoms with E-state index in [-0.39, 0.29) is 24.5 Å². The number of nitrogens with zero attached hydrogens (tertiary/aromatic N) is 4. The van der Waals surface area contributed by atoms with Crippen LogP contribution in [-0.2, 0) is 4.74 Å². The molecule has 164 valence electrons. The van der Waals surface area contributed by atoms with Crippen LogP contribution in [0.5, 0.6) is 0 Å². The summed E-state index contributed by atoms with van der Waals surface area (Å²) in [5.74, 6) is 0.877. The third-order valence-electron chi connectivity index (χ3n) is 5.71. The first kappa shape index (κ1) is 20.3. The molecule has 0 unspecified atom stereocenters. The van der Waals surface area contributed by atoms with E-state index < -0.39 is 6.67 Å². The second kappa shape index (κ2) is 8.51. The number of aromatic nitrogens is 4. The van der Waals surface area contributed by atoms with Crippen molar-refractivity contribution in [2.45, 2.75) is 31.8 Å². The summed E-state index contributed by atoms with van der Waals surface area (Å²) >= 11 is 0. The third kappa shape index (κ3) is 3.87. The molecule has 8 nitrogen and oxygen atoms in total. The van der Waals surface area contributed by atoms with Crippen molar-refractivity contribution in [1.82, 2.24) is 19.5 Å². The van der Waals surface area contributed by atoms with Gasteiger partial charge in [0.1, 0.15) is 18.0 Å². The van der Waals surface area contributed by atoms with E-state index in [4.69, 9.17) is 9.26 Å². The minimum atomic E-state index is -0.477. The molecule has 3 heterocycles. The summed E-state index contributed by atoms with van der Waals surface area (Å²) in [5, 5.41) is 7.06. The fourth-order valence-corrected chi connectivity index (χ4v) is 3.82. The molecule has 0 bridgehead atoms. The molecule has 4 aromatic rings. The van der Waals surface area contributed by atoms with Gasteiger partial charge in [0.15, 0.2) is 0 Å². The third-order valence-corrected chi connectivity index (χ3v) is 5.71. The molecule has 0 radical (unpaired) electrons. The number of carbonyl (C=O) groups excluding carboxylic acids is 1. The molecule has 1 saturated carbocycles. The number of ether oxygens (including phenoxy) is 1. The number of rotatable bonds is 7. The molecular weight excluding hydrogens is 413 g/mol. The molecule has 0 atom stereocenters. The number of pyridine rings is 1. The van der Waals surface area contributed by atoms with E-state index in [1.165, 1.54) is 0 Å². The zero-order valence-corrected chi connectivity index (χ0v) is 17.5. The Labute approximate surface area is 183 Å². The number of alkyl halides is 1. The highest BCUT2D eigenvalue weighted by Crippen LogP contribution is 2.38. The van der Waals surface area contributed by atoms with Gasteiger partial charge in [0, 0.05) is 23.4 Å². The summed E-state index contributed by atoms with van der Waals surface area (Å²) in [6, 6.07) is 11.2. The Morgan fingerprint density at radius 2 is 2.19 bits per heavy atom. The monoisotopic (exact) mass is 435 g/mol. The second-order valence-electron chi connectivity index (χ2n) is 7.86.